The number of anilines is 1. The molecule has 4 rings (SSSR count). The Balaban J connectivity index is 0.000000463. The molecule has 3 heterocycles. The Hall–Kier alpha value is -2.74. The Morgan fingerprint density at radius 3 is 2.40 bits per heavy atom. The van der Waals surface area contributed by atoms with Gasteiger partial charge in [-0.15, -0.1) is 11.3 Å². The largest absolute Gasteiger partial charge is 0.372 e. The van der Waals surface area contributed by atoms with Crippen molar-refractivity contribution in [2.24, 2.45) is 16.8 Å². The number of hydrogen-bond donors (Lipinski definition) is 1. The van der Waals surface area contributed by atoms with Crippen molar-refractivity contribution in [2.75, 3.05) is 19.4 Å². The molecule has 3 aromatic heterocycles. The van der Waals surface area contributed by atoms with Crippen LogP contribution in [-0.2, 0) is 6.54 Å². The van der Waals surface area contributed by atoms with E-state index in [1.54, 1.807) is 17.5 Å². The van der Waals surface area contributed by atoms with E-state index in [9.17, 15) is 0 Å². The third-order valence-corrected chi connectivity index (χ3v) is 7.08. The molecule has 0 atom stereocenters. The summed E-state index contributed by atoms with van der Waals surface area (Å²) < 4.78 is 1.98. The van der Waals surface area contributed by atoms with E-state index >= 15 is 0 Å². The lowest BCUT2D eigenvalue weighted by Crippen LogP contribution is -2.16. The summed E-state index contributed by atoms with van der Waals surface area (Å²) in [6, 6.07) is 2.40. The van der Waals surface area contributed by atoms with Crippen molar-refractivity contribution in [1.29, 1.82) is 0 Å². The Morgan fingerprint density at radius 1 is 1.26 bits per heavy atom. The van der Waals surface area contributed by atoms with Crippen LogP contribution in [0.5, 0.6) is 0 Å². The molecule has 8 heteroatoms. The zero-order chi connectivity index (χ0) is 26.1. The summed E-state index contributed by atoms with van der Waals surface area (Å²) in [7, 11) is 3.85. The Morgan fingerprint density at radius 2 is 1.91 bits per heavy atom. The van der Waals surface area contributed by atoms with Gasteiger partial charge in [0.1, 0.15) is 16.3 Å². The van der Waals surface area contributed by atoms with Gasteiger partial charge in [-0.2, -0.15) is 5.10 Å². The Kier molecular flexibility index (Phi) is 10.9. The number of hydrogen-bond acceptors (Lipinski definition) is 7. The van der Waals surface area contributed by atoms with Gasteiger partial charge in [0.05, 0.1) is 16.8 Å². The molecule has 1 saturated carbocycles. The van der Waals surface area contributed by atoms with E-state index in [0.717, 1.165) is 49.8 Å². The number of thiophene rings is 1. The van der Waals surface area contributed by atoms with Crippen molar-refractivity contribution in [1.82, 2.24) is 24.6 Å². The maximum atomic E-state index is 4.79. The number of aryl methyl sites for hydroxylation is 1. The molecule has 3 aromatic rings. The molecule has 1 N–H and O–H groups in total. The molecule has 0 radical (unpaired) electrons. The lowest BCUT2D eigenvalue weighted by Gasteiger charge is -2.28. The maximum Gasteiger partial charge on any atom is 0.151 e. The standard InChI is InChI=1S/C19H25N7S.C6H12.C2H6/c1-12(2)26-9-7-14(24-26)17-13(3)16-18(21-5)22-15(23-19(16)27-17)11-25(6)10-8-20-4;1-5-3-6(2)4-5;1-2/h7-10,12H,4,11H2,1-3,5-6H3,(H,21,22,23);5-6H,3-4H2,1-2H3;1-2H3/b10-8-;;. The molecule has 0 spiro atoms. The van der Waals surface area contributed by atoms with Gasteiger partial charge in [-0.1, -0.05) is 27.7 Å². The van der Waals surface area contributed by atoms with Gasteiger partial charge in [-0.05, 0) is 63.8 Å². The molecule has 35 heavy (non-hydrogen) atoms. The lowest BCUT2D eigenvalue weighted by atomic mass is 9.78. The zero-order valence-corrected chi connectivity index (χ0v) is 23.8. The fraction of sp³-hybridized carbons (Fsp3) is 0.556. The Labute approximate surface area is 215 Å². The van der Waals surface area contributed by atoms with Gasteiger partial charge in [-0.25, -0.2) is 9.97 Å². The summed E-state index contributed by atoms with van der Waals surface area (Å²) in [5, 5.41) is 9.00. The summed E-state index contributed by atoms with van der Waals surface area (Å²) >= 11 is 1.66. The summed E-state index contributed by atoms with van der Waals surface area (Å²) in [4.78, 5) is 17.3. The van der Waals surface area contributed by atoms with Gasteiger partial charge < -0.3 is 10.2 Å². The molecule has 1 aliphatic carbocycles. The number of nitrogens with zero attached hydrogens (tertiary/aromatic N) is 6. The van der Waals surface area contributed by atoms with Crippen molar-refractivity contribution in [3.8, 4) is 10.6 Å². The minimum Gasteiger partial charge on any atom is -0.372 e. The zero-order valence-electron chi connectivity index (χ0n) is 23.0. The van der Waals surface area contributed by atoms with E-state index in [1.807, 2.05) is 49.9 Å². The fourth-order valence-corrected chi connectivity index (χ4v) is 5.33. The molecular formula is C27H43N7S. The smallest absolute Gasteiger partial charge is 0.151 e. The summed E-state index contributed by atoms with van der Waals surface area (Å²) in [5.74, 6) is 3.68. The number of nitrogens with one attached hydrogen (secondary N) is 1. The van der Waals surface area contributed by atoms with E-state index in [-0.39, 0.29) is 0 Å². The van der Waals surface area contributed by atoms with Crippen molar-refractivity contribution in [3.05, 3.63) is 36.1 Å². The normalized spacial score (nSPS) is 16.9. The first kappa shape index (κ1) is 28.5. The SMILES string of the molecule is C=N/C=C\N(C)Cc1nc(NC)c2c(C)c(-c3ccn(C(C)C)n3)sc2n1.CC.CC1CC(C)C1. The molecular weight excluding hydrogens is 454 g/mol. The van der Waals surface area contributed by atoms with E-state index in [2.05, 4.69) is 57.7 Å². The van der Waals surface area contributed by atoms with Gasteiger partial charge in [-0.3, -0.25) is 9.67 Å². The maximum absolute atomic E-state index is 4.79. The van der Waals surface area contributed by atoms with Gasteiger partial charge >= 0.3 is 0 Å². The number of aromatic nitrogens is 4. The van der Waals surface area contributed by atoms with Crippen molar-refractivity contribution >= 4 is 34.1 Å². The highest BCUT2D eigenvalue weighted by atomic mass is 32.1. The second kappa shape index (κ2) is 13.4. The van der Waals surface area contributed by atoms with Crippen LogP contribution in [0, 0.1) is 18.8 Å². The predicted octanol–water partition coefficient (Wildman–Crippen LogP) is 7.17. The van der Waals surface area contributed by atoms with Crippen molar-refractivity contribution < 1.29 is 0 Å². The highest BCUT2D eigenvalue weighted by Gasteiger charge is 2.20. The second-order valence-corrected chi connectivity index (χ2v) is 10.3. The average Bonchev–Trinajstić information content (AvgIpc) is 3.43. The predicted molar refractivity (Wildman–Crippen MR) is 152 cm³/mol. The summed E-state index contributed by atoms with van der Waals surface area (Å²) in [6.07, 6.45) is 8.47. The minimum atomic E-state index is 0.335. The van der Waals surface area contributed by atoms with Crippen LogP contribution in [0.3, 0.4) is 0 Å². The van der Waals surface area contributed by atoms with Crippen LogP contribution in [0.2, 0.25) is 0 Å². The van der Waals surface area contributed by atoms with Crippen LogP contribution in [-0.4, -0.2) is 45.5 Å². The quantitative estimate of drug-likeness (QED) is 0.350. The van der Waals surface area contributed by atoms with Gasteiger partial charge in [0.15, 0.2) is 5.82 Å². The highest BCUT2D eigenvalue weighted by Crippen LogP contribution is 2.39. The van der Waals surface area contributed by atoms with Gasteiger partial charge in [0.2, 0.25) is 0 Å². The van der Waals surface area contributed by atoms with Gasteiger partial charge in [0, 0.05) is 38.7 Å². The molecule has 1 fully saturated rings. The van der Waals surface area contributed by atoms with Crippen molar-refractivity contribution in [2.45, 2.75) is 73.9 Å². The number of aliphatic imine (C=N–C) groups is 1. The van der Waals surface area contributed by atoms with E-state index in [0.29, 0.717) is 12.6 Å². The number of fused-ring (bicyclic) bond motifs is 1. The number of rotatable bonds is 7. The molecule has 7 nitrogen and oxygen atoms in total. The molecule has 1 aliphatic rings. The van der Waals surface area contributed by atoms with E-state index in [1.165, 1.54) is 12.8 Å². The van der Waals surface area contributed by atoms with Crippen LogP contribution in [0.4, 0.5) is 5.82 Å². The Bertz CT molecular complexity index is 1100. The topological polar surface area (TPSA) is 71.2 Å². The van der Waals surface area contributed by atoms with Crippen LogP contribution >= 0.6 is 11.3 Å². The molecule has 0 unspecified atom stereocenters. The average molecular weight is 498 g/mol. The van der Waals surface area contributed by atoms with E-state index in [4.69, 9.17) is 15.1 Å². The van der Waals surface area contributed by atoms with E-state index < -0.39 is 0 Å². The lowest BCUT2D eigenvalue weighted by molar-refractivity contribution is 0.233. The van der Waals surface area contributed by atoms with Crippen LogP contribution < -0.4 is 5.32 Å². The summed E-state index contributed by atoms with van der Waals surface area (Å²) in [6.45, 7) is 19.0. The third-order valence-electron chi connectivity index (χ3n) is 5.87. The van der Waals surface area contributed by atoms with Crippen LogP contribution in [0.1, 0.15) is 71.8 Å². The molecule has 0 amide bonds. The summed E-state index contributed by atoms with van der Waals surface area (Å²) in [5.41, 5.74) is 2.13. The first-order valence-corrected chi connectivity index (χ1v) is 13.4. The first-order chi connectivity index (χ1) is 16.7. The van der Waals surface area contributed by atoms with Crippen LogP contribution in [0.15, 0.2) is 29.7 Å². The first-order valence-electron chi connectivity index (χ1n) is 12.6. The van der Waals surface area contributed by atoms with Crippen molar-refractivity contribution in [3.63, 3.8) is 0 Å². The molecule has 0 bridgehead atoms. The second-order valence-electron chi connectivity index (χ2n) is 9.33. The van der Waals surface area contributed by atoms with Crippen LogP contribution in [0.25, 0.3) is 20.8 Å². The monoisotopic (exact) mass is 497 g/mol. The third kappa shape index (κ3) is 7.37. The highest BCUT2D eigenvalue weighted by molar-refractivity contribution is 7.22. The molecule has 192 valence electrons. The van der Waals surface area contributed by atoms with Gasteiger partial charge in [0.25, 0.3) is 0 Å². The molecule has 0 aliphatic heterocycles. The molecule has 0 aromatic carbocycles. The molecule has 0 saturated heterocycles. The fourth-order valence-electron chi connectivity index (χ4n) is 4.17. The minimum absolute atomic E-state index is 0.335.